The summed E-state index contributed by atoms with van der Waals surface area (Å²) in [4.78, 5) is 13.6. The van der Waals surface area contributed by atoms with Gasteiger partial charge in [-0.15, -0.1) is 0 Å². The van der Waals surface area contributed by atoms with Crippen LogP contribution in [0.15, 0.2) is 18.2 Å². The van der Waals surface area contributed by atoms with Crippen molar-refractivity contribution in [2.24, 2.45) is 5.41 Å². The highest BCUT2D eigenvalue weighted by atomic mass is 16.1. The van der Waals surface area contributed by atoms with Crippen LogP contribution in [-0.4, -0.2) is 24.4 Å². The van der Waals surface area contributed by atoms with E-state index in [0.29, 0.717) is 6.42 Å². The van der Waals surface area contributed by atoms with E-state index >= 15 is 0 Å². The van der Waals surface area contributed by atoms with Gasteiger partial charge in [0.25, 0.3) is 0 Å². The van der Waals surface area contributed by atoms with E-state index in [2.05, 4.69) is 35.5 Å². The van der Waals surface area contributed by atoms with Gasteiger partial charge in [0.15, 0.2) is 0 Å². The van der Waals surface area contributed by atoms with Crippen molar-refractivity contribution in [3.63, 3.8) is 0 Å². The van der Waals surface area contributed by atoms with Crippen LogP contribution >= 0.6 is 0 Å². The van der Waals surface area contributed by atoms with Gasteiger partial charge in [-0.2, -0.15) is 5.26 Å². The summed E-state index contributed by atoms with van der Waals surface area (Å²) in [5, 5.41) is 12.0. The highest BCUT2D eigenvalue weighted by Gasteiger charge is 2.43. The zero-order valence-electron chi connectivity index (χ0n) is 11.8. The van der Waals surface area contributed by atoms with Crippen LogP contribution in [-0.2, 0) is 17.8 Å². The standard InChI is InChI=1S/C16H19N3O/c1-19(11-16(10-17)6-7-16)9-12-2-4-14-13(8-12)3-5-15(20)18-14/h2,4,8H,3,5-7,9,11H2,1H3,(H,18,20). The molecule has 0 atom stereocenters. The first-order valence-corrected chi connectivity index (χ1v) is 7.12. The van der Waals surface area contributed by atoms with Gasteiger partial charge in [0.05, 0.1) is 11.5 Å². The molecule has 1 amide bonds. The number of amides is 1. The highest BCUT2D eigenvalue weighted by molar-refractivity contribution is 5.93. The SMILES string of the molecule is CN(Cc1ccc2c(c1)CCC(=O)N2)CC1(C#N)CC1. The monoisotopic (exact) mass is 269 g/mol. The van der Waals surface area contributed by atoms with Crippen LogP contribution in [0.1, 0.15) is 30.4 Å². The molecule has 4 heteroatoms. The Morgan fingerprint density at radius 2 is 2.20 bits per heavy atom. The van der Waals surface area contributed by atoms with E-state index in [0.717, 1.165) is 38.0 Å². The van der Waals surface area contributed by atoms with E-state index in [-0.39, 0.29) is 11.3 Å². The third kappa shape index (κ3) is 2.68. The number of nitrogens with one attached hydrogen (secondary N) is 1. The van der Waals surface area contributed by atoms with Crippen LogP contribution < -0.4 is 5.32 Å². The molecule has 0 radical (unpaired) electrons. The van der Waals surface area contributed by atoms with Crippen LogP contribution in [0.3, 0.4) is 0 Å². The molecule has 2 aliphatic rings. The average molecular weight is 269 g/mol. The average Bonchev–Trinajstić information content (AvgIpc) is 3.19. The second-order valence-electron chi connectivity index (χ2n) is 6.10. The van der Waals surface area contributed by atoms with Gasteiger partial charge in [-0.3, -0.25) is 4.79 Å². The van der Waals surface area contributed by atoms with Crippen LogP contribution in [0.25, 0.3) is 0 Å². The summed E-state index contributed by atoms with van der Waals surface area (Å²) in [5.41, 5.74) is 3.33. The largest absolute Gasteiger partial charge is 0.326 e. The molecule has 1 aliphatic heterocycles. The van der Waals surface area contributed by atoms with Crippen molar-refractivity contribution in [2.75, 3.05) is 18.9 Å². The van der Waals surface area contributed by atoms with Crippen molar-refractivity contribution in [1.29, 1.82) is 5.26 Å². The molecule has 20 heavy (non-hydrogen) atoms. The summed E-state index contributed by atoms with van der Waals surface area (Å²) < 4.78 is 0. The first-order chi connectivity index (χ1) is 9.60. The number of hydrogen-bond acceptors (Lipinski definition) is 3. The molecule has 1 aromatic rings. The van der Waals surface area contributed by atoms with E-state index in [1.165, 1.54) is 11.1 Å². The lowest BCUT2D eigenvalue weighted by Crippen LogP contribution is -2.26. The van der Waals surface area contributed by atoms with Crippen molar-refractivity contribution in [3.8, 4) is 6.07 Å². The fourth-order valence-corrected chi connectivity index (χ4v) is 2.88. The summed E-state index contributed by atoms with van der Waals surface area (Å²) in [6.07, 6.45) is 3.46. The third-order valence-corrected chi connectivity index (χ3v) is 4.18. The predicted molar refractivity (Wildman–Crippen MR) is 77.0 cm³/mol. The second kappa shape index (κ2) is 4.92. The van der Waals surface area contributed by atoms with E-state index in [1.807, 2.05) is 6.07 Å². The Morgan fingerprint density at radius 1 is 1.40 bits per heavy atom. The Hall–Kier alpha value is -1.86. The maximum Gasteiger partial charge on any atom is 0.224 e. The van der Waals surface area contributed by atoms with E-state index in [4.69, 9.17) is 5.26 Å². The van der Waals surface area contributed by atoms with Crippen molar-refractivity contribution in [3.05, 3.63) is 29.3 Å². The molecular weight excluding hydrogens is 250 g/mol. The molecule has 1 saturated carbocycles. The number of carbonyl (C=O) groups is 1. The van der Waals surface area contributed by atoms with E-state index in [9.17, 15) is 4.79 Å². The molecule has 1 heterocycles. The Morgan fingerprint density at radius 3 is 2.90 bits per heavy atom. The Bertz CT molecular complexity index is 584. The fourth-order valence-electron chi connectivity index (χ4n) is 2.88. The summed E-state index contributed by atoms with van der Waals surface area (Å²) in [7, 11) is 2.07. The molecule has 0 spiro atoms. The molecular formula is C16H19N3O. The number of rotatable bonds is 4. The number of carbonyl (C=O) groups excluding carboxylic acids is 1. The summed E-state index contributed by atoms with van der Waals surface area (Å²) in [6.45, 7) is 1.70. The molecule has 0 unspecified atom stereocenters. The molecule has 4 nitrogen and oxygen atoms in total. The van der Waals surface area contributed by atoms with Crippen LogP contribution in [0.5, 0.6) is 0 Å². The molecule has 1 N–H and O–H groups in total. The first kappa shape index (κ1) is 13.1. The first-order valence-electron chi connectivity index (χ1n) is 7.12. The summed E-state index contributed by atoms with van der Waals surface area (Å²) in [5.74, 6) is 0.104. The lowest BCUT2D eigenvalue weighted by atomic mass is 10.00. The number of aryl methyl sites for hydroxylation is 1. The fraction of sp³-hybridized carbons (Fsp3) is 0.500. The molecule has 104 valence electrons. The zero-order chi connectivity index (χ0) is 14.2. The molecule has 1 aromatic carbocycles. The summed E-state index contributed by atoms with van der Waals surface area (Å²) >= 11 is 0. The van der Waals surface area contributed by atoms with E-state index in [1.54, 1.807) is 0 Å². The van der Waals surface area contributed by atoms with Crippen molar-refractivity contribution in [1.82, 2.24) is 4.90 Å². The predicted octanol–water partition coefficient (Wildman–Crippen LogP) is 2.31. The van der Waals surface area contributed by atoms with Gasteiger partial charge in [-0.1, -0.05) is 12.1 Å². The molecule has 3 rings (SSSR count). The van der Waals surface area contributed by atoms with Crippen LogP contribution in [0.4, 0.5) is 5.69 Å². The Balaban J connectivity index is 1.66. The molecule has 0 aromatic heterocycles. The van der Waals surface area contributed by atoms with Crippen molar-refractivity contribution in [2.45, 2.75) is 32.2 Å². The van der Waals surface area contributed by atoms with Gasteiger partial charge in [0.1, 0.15) is 0 Å². The number of nitriles is 1. The Labute approximate surface area is 119 Å². The second-order valence-corrected chi connectivity index (χ2v) is 6.10. The van der Waals surface area contributed by atoms with Gasteiger partial charge in [0.2, 0.25) is 5.91 Å². The zero-order valence-corrected chi connectivity index (χ0v) is 11.8. The van der Waals surface area contributed by atoms with E-state index < -0.39 is 0 Å². The minimum Gasteiger partial charge on any atom is -0.326 e. The Kier molecular flexibility index (Phi) is 3.23. The number of nitrogens with zero attached hydrogens (tertiary/aromatic N) is 2. The molecule has 1 fully saturated rings. The highest BCUT2D eigenvalue weighted by Crippen LogP contribution is 2.45. The number of anilines is 1. The topological polar surface area (TPSA) is 56.1 Å². The lowest BCUT2D eigenvalue weighted by Gasteiger charge is -2.21. The van der Waals surface area contributed by atoms with Gasteiger partial charge in [-0.05, 0) is 43.5 Å². The normalized spacial score (nSPS) is 19.1. The quantitative estimate of drug-likeness (QED) is 0.912. The van der Waals surface area contributed by atoms with Crippen LogP contribution in [0, 0.1) is 16.7 Å². The number of benzene rings is 1. The smallest absolute Gasteiger partial charge is 0.224 e. The minimum absolute atomic E-state index is 0.0864. The minimum atomic E-state index is -0.0864. The van der Waals surface area contributed by atoms with Crippen molar-refractivity contribution < 1.29 is 4.79 Å². The van der Waals surface area contributed by atoms with Gasteiger partial charge < -0.3 is 10.2 Å². The van der Waals surface area contributed by atoms with Gasteiger partial charge in [0, 0.05) is 25.2 Å². The molecule has 0 saturated heterocycles. The molecule has 0 bridgehead atoms. The molecule has 1 aliphatic carbocycles. The van der Waals surface area contributed by atoms with Crippen LogP contribution in [0.2, 0.25) is 0 Å². The van der Waals surface area contributed by atoms with Gasteiger partial charge >= 0.3 is 0 Å². The summed E-state index contributed by atoms with van der Waals surface area (Å²) in [6, 6.07) is 8.67. The van der Waals surface area contributed by atoms with Crippen molar-refractivity contribution >= 4 is 11.6 Å². The van der Waals surface area contributed by atoms with Gasteiger partial charge in [-0.25, -0.2) is 0 Å². The maximum absolute atomic E-state index is 11.3. The lowest BCUT2D eigenvalue weighted by molar-refractivity contribution is -0.116. The third-order valence-electron chi connectivity index (χ3n) is 4.18. The number of hydrogen-bond donors (Lipinski definition) is 1. The number of fused-ring (bicyclic) bond motifs is 1. The maximum atomic E-state index is 11.3.